The monoisotopic (exact) mass is 254 g/mol. The van der Waals surface area contributed by atoms with E-state index in [-0.39, 0.29) is 5.92 Å². The van der Waals surface area contributed by atoms with Crippen molar-refractivity contribution in [3.8, 4) is 0 Å². The Balaban J connectivity index is 2.63. The summed E-state index contributed by atoms with van der Waals surface area (Å²) in [6, 6.07) is 2.28. The minimum Gasteiger partial charge on any atom is -0.298 e. The molecule has 1 aliphatic rings. The van der Waals surface area contributed by atoms with Crippen LogP contribution in [0.5, 0.6) is 0 Å². The lowest BCUT2D eigenvalue weighted by molar-refractivity contribution is -0.137. The quantitative estimate of drug-likeness (QED) is 0.726. The van der Waals surface area contributed by atoms with E-state index < -0.39 is 11.7 Å². The van der Waals surface area contributed by atoms with Gasteiger partial charge in [-0.05, 0) is 42.2 Å². The largest absolute Gasteiger partial charge is 0.416 e. The van der Waals surface area contributed by atoms with Crippen LogP contribution in [0.4, 0.5) is 13.2 Å². The number of hydrogen-bond acceptors (Lipinski definition) is 1. The Kier molecular flexibility index (Phi) is 3.05. The summed E-state index contributed by atoms with van der Waals surface area (Å²) in [5.41, 5.74) is 1.66. The summed E-state index contributed by atoms with van der Waals surface area (Å²) in [6.45, 7) is 3.51. The zero-order valence-electron chi connectivity index (χ0n) is 10.1. The predicted octanol–water partition coefficient (Wildman–Crippen LogP) is 4.10. The molecule has 0 amide bonds. The Labute approximate surface area is 103 Å². The van der Waals surface area contributed by atoms with Gasteiger partial charge in [0.15, 0.2) is 0 Å². The van der Waals surface area contributed by atoms with Gasteiger partial charge in [0.1, 0.15) is 6.29 Å². The maximum Gasteiger partial charge on any atom is 0.416 e. The van der Waals surface area contributed by atoms with Crippen LogP contribution in [0.15, 0.2) is 18.2 Å². The molecule has 1 aliphatic carbocycles. The normalized spacial score (nSPS) is 18.5. The summed E-state index contributed by atoms with van der Waals surface area (Å²) in [5.74, 6) is -0.0961. The van der Waals surface area contributed by atoms with Crippen molar-refractivity contribution in [2.45, 2.75) is 32.4 Å². The maximum atomic E-state index is 12.8. The van der Waals surface area contributed by atoms with Crippen LogP contribution in [-0.4, -0.2) is 6.29 Å². The number of aldehydes is 1. The molecule has 2 rings (SSSR count). The van der Waals surface area contributed by atoms with Gasteiger partial charge < -0.3 is 0 Å². The van der Waals surface area contributed by atoms with E-state index in [0.29, 0.717) is 28.7 Å². The topological polar surface area (TPSA) is 17.1 Å². The first-order valence-electron chi connectivity index (χ1n) is 5.77. The van der Waals surface area contributed by atoms with E-state index in [2.05, 4.69) is 0 Å². The molecule has 0 radical (unpaired) electrons. The number of hydrogen-bond donors (Lipinski definition) is 0. The van der Waals surface area contributed by atoms with Crippen LogP contribution in [-0.2, 0) is 11.0 Å². The number of aryl methyl sites for hydroxylation is 1. The van der Waals surface area contributed by atoms with E-state index in [1.165, 1.54) is 6.07 Å². The second-order valence-electron chi connectivity index (χ2n) is 4.51. The molecule has 0 heterocycles. The van der Waals surface area contributed by atoms with E-state index in [4.69, 9.17) is 0 Å². The summed E-state index contributed by atoms with van der Waals surface area (Å²) in [6.07, 6.45) is -1.19. The van der Waals surface area contributed by atoms with Gasteiger partial charge in [0.25, 0.3) is 0 Å². The average molecular weight is 254 g/mol. The van der Waals surface area contributed by atoms with Crippen molar-refractivity contribution in [1.82, 2.24) is 0 Å². The van der Waals surface area contributed by atoms with Crippen molar-refractivity contribution in [2.24, 2.45) is 0 Å². The lowest BCUT2D eigenvalue weighted by Gasteiger charge is -2.15. The minimum atomic E-state index is -4.35. The van der Waals surface area contributed by atoms with Crippen LogP contribution in [0.1, 0.15) is 41.5 Å². The molecule has 1 aromatic rings. The average Bonchev–Trinajstić information content (AvgIpc) is 2.66. The Morgan fingerprint density at radius 1 is 1.33 bits per heavy atom. The summed E-state index contributed by atoms with van der Waals surface area (Å²) < 4.78 is 38.3. The van der Waals surface area contributed by atoms with Crippen LogP contribution in [0.25, 0.3) is 5.57 Å². The highest BCUT2D eigenvalue weighted by Gasteiger charge is 2.34. The molecule has 0 N–H and O–H groups in total. The van der Waals surface area contributed by atoms with Crippen molar-refractivity contribution in [1.29, 1.82) is 0 Å². The summed E-state index contributed by atoms with van der Waals surface area (Å²) in [5, 5.41) is 0. The Hall–Kier alpha value is -1.58. The van der Waals surface area contributed by atoms with Crippen LogP contribution < -0.4 is 0 Å². The number of benzene rings is 1. The van der Waals surface area contributed by atoms with Gasteiger partial charge in [-0.2, -0.15) is 13.2 Å². The van der Waals surface area contributed by atoms with Crippen LogP contribution in [0, 0.1) is 6.92 Å². The third-order valence-corrected chi connectivity index (χ3v) is 3.33. The lowest BCUT2D eigenvalue weighted by Crippen LogP contribution is -2.08. The molecule has 1 aromatic carbocycles. The number of halogens is 3. The second-order valence-corrected chi connectivity index (χ2v) is 4.51. The highest BCUT2D eigenvalue weighted by atomic mass is 19.4. The van der Waals surface area contributed by atoms with Crippen molar-refractivity contribution in [2.75, 3.05) is 0 Å². The van der Waals surface area contributed by atoms with E-state index >= 15 is 0 Å². The third-order valence-electron chi connectivity index (χ3n) is 3.33. The van der Waals surface area contributed by atoms with Gasteiger partial charge in [-0.3, -0.25) is 4.79 Å². The molecule has 0 aliphatic heterocycles. The van der Waals surface area contributed by atoms with Crippen molar-refractivity contribution in [3.05, 3.63) is 40.5 Å². The van der Waals surface area contributed by atoms with E-state index in [0.717, 1.165) is 12.4 Å². The highest BCUT2D eigenvalue weighted by Crippen LogP contribution is 2.42. The van der Waals surface area contributed by atoms with Gasteiger partial charge in [0.2, 0.25) is 0 Å². The van der Waals surface area contributed by atoms with Gasteiger partial charge in [0, 0.05) is 11.5 Å². The first-order valence-corrected chi connectivity index (χ1v) is 5.77. The molecule has 0 aromatic heterocycles. The number of alkyl halides is 3. The van der Waals surface area contributed by atoms with Crippen LogP contribution in [0.3, 0.4) is 0 Å². The first kappa shape index (κ1) is 12.9. The van der Waals surface area contributed by atoms with Crippen LogP contribution in [0.2, 0.25) is 0 Å². The lowest BCUT2D eigenvalue weighted by atomic mass is 9.92. The Morgan fingerprint density at radius 2 is 2.00 bits per heavy atom. The van der Waals surface area contributed by atoms with E-state index in [1.54, 1.807) is 13.0 Å². The molecule has 1 unspecified atom stereocenters. The van der Waals surface area contributed by atoms with Crippen LogP contribution >= 0.6 is 0 Å². The molecule has 0 spiro atoms. The molecule has 96 valence electrons. The molecule has 0 bridgehead atoms. The fraction of sp³-hybridized carbons (Fsp3) is 0.357. The molecule has 0 fully saturated rings. The summed E-state index contributed by atoms with van der Waals surface area (Å²) in [7, 11) is 0. The SMILES string of the molecule is CCC1C=C(C=O)c2c(C)cc(C(F)(F)F)cc21. The maximum absolute atomic E-state index is 12.8. The fourth-order valence-electron chi connectivity index (χ4n) is 2.49. The Morgan fingerprint density at radius 3 is 2.50 bits per heavy atom. The molecule has 0 saturated carbocycles. The molecule has 4 heteroatoms. The van der Waals surface area contributed by atoms with E-state index in [9.17, 15) is 18.0 Å². The zero-order valence-corrected chi connectivity index (χ0v) is 10.1. The fourth-order valence-corrected chi connectivity index (χ4v) is 2.49. The van der Waals surface area contributed by atoms with Gasteiger partial charge >= 0.3 is 6.18 Å². The first-order chi connectivity index (χ1) is 8.38. The van der Waals surface area contributed by atoms with E-state index in [1.807, 2.05) is 6.92 Å². The minimum absolute atomic E-state index is 0.0961. The van der Waals surface area contributed by atoms with Crippen molar-refractivity contribution >= 4 is 11.9 Å². The molecule has 0 saturated heterocycles. The third kappa shape index (κ3) is 1.96. The highest BCUT2D eigenvalue weighted by molar-refractivity contribution is 6.10. The molecular formula is C14H13F3O. The summed E-state index contributed by atoms with van der Waals surface area (Å²) in [4.78, 5) is 11.0. The zero-order chi connectivity index (χ0) is 13.5. The molecular weight excluding hydrogens is 241 g/mol. The molecule has 18 heavy (non-hydrogen) atoms. The molecule has 1 atom stereocenters. The number of carbonyl (C=O) groups excluding carboxylic acids is 1. The summed E-state index contributed by atoms with van der Waals surface area (Å²) >= 11 is 0. The Bertz CT molecular complexity index is 527. The van der Waals surface area contributed by atoms with Gasteiger partial charge in [-0.25, -0.2) is 0 Å². The smallest absolute Gasteiger partial charge is 0.298 e. The van der Waals surface area contributed by atoms with Crippen molar-refractivity contribution < 1.29 is 18.0 Å². The number of rotatable bonds is 2. The van der Waals surface area contributed by atoms with Gasteiger partial charge in [-0.1, -0.05) is 13.0 Å². The van der Waals surface area contributed by atoms with Crippen molar-refractivity contribution in [3.63, 3.8) is 0 Å². The number of carbonyl (C=O) groups is 1. The second kappa shape index (κ2) is 4.26. The predicted molar refractivity (Wildman–Crippen MR) is 63.3 cm³/mol. The molecule has 1 nitrogen and oxygen atoms in total. The number of allylic oxidation sites excluding steroid dienone is 2. The van der Waals surface area contributed by atoms with Gasteiger partial charge in [-0.15, -0.1) is 0 Å². The van der Waals surface area contributed by atoms with Gasteiger partial charge in [0.05, 0.1) is 5.56 Å². The number of fused-ring (bicyclic) bond motifs is 1. The standard InChI is InChI=1S/C14H13F3O/c1-3-9-5-10(7-18)13-8(2)4-11(6-12(9)13)14(15,16)17/h4-7,9H,3H2,1-2H3.